The van der Waals surface area contributed by atoms with E-state index in [0.717, 1.165) is 17.6 Å². The predicted octanol–water partition coefficient (Wildman–Crippen LogP) is 8.61. The zero-order valence-electron chi connectivity index (χ0n) is 23.9. The molecule has 43 heavy (non-hydrogen) atoms. The highest BCUT2D eigenvalue weighted by Crippen LogP contribution is 2.47. The summed E-state index contributed by atoms with van der Waals surface area (Å²) in [5, 5.41) is 2.89. The maximum absolute atomic E-state index is 13.5. The maximum atomic E-state index is 13.5. The van der Waals surface area contributed by atoms with Gasteiger partial charge in [0, 0.05) is 17.8 Å². The normalized spacial score (nSPS) is 20.7. The number of methoxy groups -OCH3 is 1. The lowest BCUT2D eigenvalue weighted by atomic mass is 9.72. The van der Waals surface area contributed by atoms with Crippen LogP contribution in [0.15, 0.2) is 42.0 Å². The molecule has 1 aliphatic carbocycles. The lowest BCUT2D eigenvalue weighted by molar-refractivity contribution is -0.143. The van der Waals surface area contributed by atoms with Crippen LogP contribution in [0.5, 0.6) is 5.75 Å². The zero-order chi connectivity index (χ0) is 31.9. The minimum Gasteiger partial charge on any atom is -0.496 e. The lowest BCUT2D eigenvalue weighted by Crippen LogP contribution is -2.35. The molecular formula is C30H31BrF6N2O4. The molecule has 1 fully saturated rings. The summed E-state index contributed by atoms with van der Waals surface area (Å²) in [6, 6.07) is 5.57. The molecule has 1 heterocycles. The van der Waals surface area contributed by atoms with Crippen LogP contribution in [0.4, 0.5) is 36.8 Å². The molecule has 1 aliphatic heterocycles. The molecule has 234 valence electrons. The highest BCUT2D eigenvalue weighted by atomic mass is 79.9. The van der Waals surface area contributed by atoms with Crippen LogP contribution < -0.4 is 10.1 Å². The molecule has 13 heteroatoms. The summed E-state index contributed by atoms with van der Waals surface area (Å²) in [4.78, 5) is 26.4. The molecule has 2 atom stereocenters. The Morgan fingerprint density at radius 1 is 1.09 bits per heavy atom. The number of carbonyl (C=O) groups is 2. The van der Waals surface area contributed by atoms with Gasteiger partial charge in [-0.15, -0.1) is 0 Å². The molecule has 0 spiro atoms. The van der Waals surface area contributed by atoms with E-state index in [1.807, 2.05) is 0 Å². The molecule has 2 aliphatic rings. The monoisotopic (exact) mass is 676 g/mol. The van der Waals surface area contributed by atoms with Crippen molar-refractivity contribution in [2.75, 3.05) is 24.3 Å². The van der Waals surface area contributed by atoms with Crippen molar-refractivity contribution in [3.8, 4) is 5.75 Å². The van der Waals surface area contributed by atoms with Crippen molar-refractivity contribution in [3.63, 3.8) is 0 Å². The van der Waals surface area contributed by atoms with E-state index in [1.54, 1.807) is 18.2 Å². The lowest BCUT2D eigenvalue weighted by Gasteiger charge is -2.36. The Hall–Kier alpha value is -3.22. The molecular weight excluding hydrogens is 646 g/mol. The molecule has 1 saturated heterocycles. The Balaban J connectivity index is 1.74. The number of benzene rings is 2. The van der Waals surface area contributed by atoms with Gasteiger partial charge in [0.2, 0.25) is 5.91 Å². The van der Waals surface area contributed by atoms with E-state index in [0.29, 0.717) is 42.0 Å². The standard InChI is InChI=1S/C30H31BrF6N2O4/c1-16-26(17-9-19(29(32,33)34)11-20(10-17)30(35,36)37)43-27(41)39(16)15-18-13-28(2,3)8-7-22(18)23-12-21(38-25(40)14-31)5-6-24(23)42-4/h5-6,9-12,16,26H,7-8,13-15H2,1-4H3,(H,38,40)/t16-,26-/m0/s1. The van der Waals surface area contributed by atoms with Crippen molar-refractivity contribution in [1.82, 2.24) is 4.90 Å². The third-order valence-corrected chi connectivity index (χ3v) is 8.30. The van der Waals surface area contributed by atoms with Crippen LogP contribution in [0.3, 0.4) is 0 Å². The summed E-state index contributed by atoms with van der Waals surface area (Å²) in [5.41, 5.74) is -0.505. The van der Waals surface area contributed by atoms with E-state index >= 15 is 0 Å². The van der Waals surface area contributed by atoms with Crippen LogP contribution in [0.2, 0.25) is 0 Å². The van der Waals surface area contributed by atoms with Crippen molar-refractivity contribution in [3.05, 3.63) is 64.2 Å². The van der Waals surface area contributed by atoms with E-state index in [2.05, 4.69) is 35.1 Å². The SMILES string of the molecule is COc1ccc(NC(=O)CBr)cc1C1=C(CN2C(=O)O[C@H](c3cc(C(F)(F)F)cc(C(F)(F)F)c3)[C@@H]2C)CC(C)(C)CC1. The zero-order valence-corrected chi connectivity index (χ0v) is 25.5. The van der Waals surface area contributed by atoms with Crippen LogP contribution in [0.1, 0.15) is 68.4 Å². The number of alkyl halides is 7. The second-order valence-corrected chi connectivity index (χ2v) is 12.1. The van der Waals surface area contributed by atoms with E-state index in [-0.39, 0.29) is 34.8 Å². The third-order valence-electron chi connectivity index (χ3n) is 7.79. The Kier molecular flexibility index (Phi) is 9.16. The van der Waals surface area contributed by atoms with Gasteiger partial charge in [-0.2, -0.15) is 26.3 Å². The molecule has 1 N–H and O–H groups in total. The van der Waals surface area contributed by atoms with Gasteiger partial charge in [-0.05, 0) is 84.7 Å². The van der Waals surface area contributed by atoms with E-state index in [1.165, 1.54) is 18.9 Å². The molecule has 2 aromatic rings. The van der Waals surface area contributed by atoms with Gasteiger partial charge in [-0.1, -0.05) is 29.8 Å². The van der Waals surface area contributed by atoms with E-state index in [9.17, 15) is 35.9 Å². The van der Waals surface area contributed by atoms with Gasteiger partial charge in [0.1, 0.15) is 11.9 Å². The van der Waals surface area contributed by atoms with Gasteiger partial charge in [-0.25, -0.2) is 4.79 Å². The number of halogens is 7. The first-order valence-corrected chi connectivity index (χ1v) is 14.6. The average Bonchev–Trinajstić information content (AvgIpc) is 3.20. The van der Waals surface area contributed by atoms with Crippen LogP contribution in [-0.4, -0.2) is 41.9 Å². The smallest absolute Gasteiger partial charge is 0.416 e. The fourth-order valence-electron chi connectivity index (χ4n) is 5.61. The molecule has 6 nitrogen and oxygen atoms in total. The summed E-state index contributed by atoms with van der Waals surface area (Å²) < 4.78 is 92.1. The number of anilines is 1. The Bertz CT molecular complexity index is 1400. The van der Waals surface area contributed by atoms with E-state index in [4.69, 9.17) is 9.47 Å². The molecule has 0 saturated carbocycles. The van der Waals surface area contributed by atoms with Crippen molar-refractivity contribution in [2.24, 2.45) is 5.41 Å². The summed E-state index contributed by atoms with van der Waals surface area (Å²) >= 11 is 3.12. The number of allylic oxidation sites excluding steroid dienone is 1. The van der Waals surface area contributed by atoms with Crippen molar-refractivity contribution >= 4 is 39.2 Å². The van der Waals surface area contributed by atoms with Crippen molar-refractivity contribution in [2.45, 2.75) is 64.5 Å². The van der Waals surface area contributed by atoms with Gasteiger partial charge in [0.25, 0.3) is 0 Å². The summed E-state index contributed by atoms with van der Waals surface area (Å²) in [5.74, 6) is 0.292. The van der Waals surface area contributed by atoms with Crippen LogP contribution in [0.25, 0.3) is 5.57 Å². The largest absolute Gasteiger partial charge is 0.496 e. The number of hydrogen-bond acceptors (Lipinski definition) is 4. The second kappa shape index (κ2) is 12.0. The number of ether oxygens (including phenoxy) is 2. The number of rotatable bonds is 7. The summed E-state index contributed by atoms with van der Waals surface area (Å²) in [7, 11) is 1.51. The maximum Gasteiger partial charge on any atom is 0.416 e. The topological polar surface area (TPSA) is 67.9 Å². The van der Waals surface area contributed by atoms with E-state index < -0.39 is 41.7 Å². The summed E-state index contributed by atoms with van der Waals surface area (Å²) in [6.45, 7) is 5.72. The highest BCUT2D eigenvalue weighted by molar-refractivity contribution is 9.09. The molecule has 0 unspecified atom stereocenters. The molecule has 2 amide bonds. The first-order chi connectivity index (χ1) is 19.9. The number of hydrogen-bond donors (Lipinski definition) is 1. The Labute approximate surface area is 253 Å². The van der Waals surface area contributed by atoms with Crippen LogP contribution >= 0.6 is 15.9 Å². The Morgan fingerprint density at radius 3 is 2.28 bits per heavy atom. The minimum absolute atomic E-state index is 0.0431. The second-order valence-electron chi connectivity index (χ2n) is 11.5. The number of carbonyl (C=O) groups excluding carboxylic acids is 2. The first kappa shape index (κ1) is 32.7. The predicted molar refractivity (Wildman–Crippen MR) is 152 cm³/mol. The number of amides is 2. The van der Waals surface area contributed by atoms with Crippen molar-refractivity contribution in [1.29, 1.82) is 0 Å². The van der Waals surface area contributed by atoms with Crippen molar-refractivity contribution < 1.29 is 45.4 Å². The fourth-order valence-corrected chi connectivity index (χ4v) is 5.75. The molecule has 2 aromatic carbocycles. The van der Waals surface area contributed by atoms with Gasteiger partial charge in [-0.3, -0.25) is 9.69 Å². The molecule has 0 radical (unpaired) electrons. The minimum atomic E-state index is -5.03. The highest BCUT2D eigenvalue weighted by Gasteiger charge is 2.44. The summed E-state index contributed by atoms with van der Waals surface area (Å²) in [6.07, 6.45) is -10.3. The quantitative estimate of drug-likeness (QED) is 0.236. The molecule has 0 aromatic heterocycles. The van der Waals surface area contributed by atoms with Gasteiger partial charge in [0.05, 0.1) is 29.6 Å². The van der Waals surface area contributed by atoms with Gasteiger partial charge in [0.15, 0.2) is 0 Å². The first-order valence-electron chi connectivity index (χ1n) is 13.5. The molecule has 0 bridgehead atoms. The fraction of sp³-hybridized carbons (Fsp3) is 0.467. The van der Waals surface area contributed by atoms with Gasteiger partial charge < -0.3 is 14.8 Å². The average molecular weight is 677 g/mol. The van der Waals surface area contributed by atoms with Crippen LogP contribution in [0, 0.1) is 5.41 Å². The molecule has 4 rings (SSSR count). The third kappa shape index (κ3) is 7.30. The number of cyclic esters (lactones) is 1. The van der Waals surface area contributed by atoms with Crippen LogP contribution in [-0.2, 0) is 21.9 Å². The Morgan fingerprint density at radius 2 is 1.72 bits per heavy atom. The number of nitrogens with one attached hydrogen (secondary N) is 1. The number of nitrogens with zero attached hydrogens (tertiary/aromatic N) is 1. The van der Waals surface area contributed by atoms with Gasteiger partial charge >= 0.3 is 18.4 Å².